The third-order valence-corrected chi connectivity index (χ3v) is 4.62. The highest BCUT2D eigenvalue weighted by Crippen LogP contribution is 2.25. The summed E-state index contributed by atoms with van der Waals surface area (Å²) in [5.41, 5.74) is 3.39. The molecule has 4 rings (SSSR count). The van der Waals surface area contributed by atoms with Crippen molar-refractivity contribution >= 4 is 22.4 Å². The lowest BCUT2D eigenvalue weighted by molar-refractivity contribution is 0.103. The zero-order valence-electron chi connectivity index (χ0n) is 16.0. The Morgan fingerprint density at radius 1 is 1.24 bits per heavy atom. The Morgan fingerprint density at radius 2 is 2.03 bits per heavy atom. The van der Waals surface area contributed by atoms with Crippen LogP contribution in [0, 0.1) is 6.92 Å². The molecule has 0 atom stereocenters. The lowest BCUT2D eigenvalue weighted by atomic mass is 10.1. The molecule has 0 aliphatic heterocycles. The van der Waals surface area contributed by atoms with Crippen LogP contribution >= 0.6 is 0 Å². The standard InChI is InChI=1S/C21H19N5O3/c1-13-3-8-18-16(9-13)17(11-22-18)19(27)10-20(28)21-23-24-25-26(21)12-14-4-6-15(29-2)7-5-14/h3-11,22,27H,12H2,1-2H3. The number of aliphatic hydroxyl groups is 1. The number of carbonyl (C=O) groups is 1. The summed E-state index contributed by atoms with van der Waals surface area (Å²) in [5, 5.41) is 22.7. The Labute approximate surface area is 166 Å². The SMILES string of the molecule is COc1ccc(Cn2nnnc2C(=O)C=C(O)c2c[nH]c3ccc(C)cc23)cc1. The average Bonchev–Trinajstić information content (AvgIpc) is 3.35. The zero-order valence-corrected chi connectivity index (χ0v) is 16.0. The number of hydrogen-bond donors (Lipinski definition) is 2. The van der Waals surface area contributed by atoms with E-state index < -0.39 is 5.78 Å². The number of nitrogens with one attached hydrogen (secondary N) is 1. The van der Waals surface area contributed by atoms with Crippen LogP contribution in [-0.2, 0) is 6.54 Å². The predicted molar refractivity (Wildman–Crippen MR) is 108 cm³/mol. The average molecular weight is 389 g/mol. The molecule has 2 aromatic carbocycles. The van der Waals surface area contributed by atoms with E-state index in [1.165, 1.54) is 4.68 Å². The molecule has 0 aliphatic carbocycles. The molecule has 146 valence electrons. The van der Waals surface area contributed by atoms with Gasteiger partial charge in [0, 0.05) is 28.7 Å². The third-order valence-electron chi connectivity index (χ3n) is 4.62. The molecule has 4 aromatic rings. The maximum atomic E-state index is 12.7. The Bertz CT molecular complexity index is 1200. The first-order valence-electron chi connectivity index (χ1n) is 8.97. The van der Waals surface area contributed by atoms with Crippen molar-refractivity contribution in [2.24, 2.45) is 0 Å². The van der Waals surface area contributed by atoms with Crippen molar-refractivity contribution in [3.05, 3.63) is 77.3 Å². The number of hydrogen-bond acceptors (Lipinski definition) is 6. The maximum Gasteiger partial charge on any atom is 0.228 e. The smallest absolute Gasteiger partial charge is 0.228 e. The second kappa shape index (κ2) is 7.59. The zero-order chi connectivity index (χ0) is 20.4. The molecule has 2 heterocycles. The summed E-state index contributed by atoms with van der Waals surface area (Å²) in [6, 6.07) is 13.2. The van der Waals surface area contributed by atoms with Crippen molar-refractivity contribution in [2.75, 3.05) is 7.11 Å². The number of tetrazole rings is 1. The molecule has 0 saturated carbocycles. The maximum absolute atomic E-state index is 12.7. The van der Waals surface area contributed by atoms with E-state index >= 15 is 0 Å². The van der Waals surface area contributed by atoms with Gasteiger partial charge < -0.3 is 14.8 Å². The van der Waals surface area contributed by atoms with E-state index in [-0.39, 0.29) is 11.6 Å². The van der Waals surface area contributed by atoms with Crippen LogP contribution in [0.3, 0.4) is 0 Å². The Balaban J connectivity index is 1.59. The number of aryl methyl sites for hydroxylation is 1. The molecule has 29 heavy (non-hydrogen) atoms. The van der Waals surface area contributed by atoms with Crippen LogP contribution in [0.1, 0.15) is 27.3 Å². The molecule has 0 amide bonds. The molecule has 8 heteroatoms. The normalized spacial score (nSPS) is 11.7. The highest BCUT2D eigenvalue weighted by molar-refractivity contribution is 6.07. The molecule has 2 aromatic heterocycles. The molecule has 0 bridgehead atoms. The number of aromatic nitrogens is 5. The number of carbonyl (C=O) groups excluding carboxylic acids is 1. The van der Waals surface area contributed by atoms with Crippen molar-refractivity contribution in [1.82, 2.24) is 25.2 Å². The van der Waals surface area contributed by atoms with Crippen LogP contribution in [0.2, 0.25) is 0 Å². The van der Waals surface area contributed by atoms with E-state index in [1.807, 2.05) is 49.4 Å². The molecule has 0 saturated heterocycles. The van der Waals surface area contributed by atoms with Crippen LogP contribution in [0.4, 0.5) is 0 Å². The minimum Gasteiger partial charge on any atom is -0.507 e. The van der Waals surface area contributed by atoms with Gasteiger partial charge in [0.05, 0.1) is 13.7 Å². The highest BCUT2D eigenvalue weighted by atomic mass is 16.5. The van der Waals surface area contributed by atoms with Gasteiger partial charge in [0.1, 0.15) is 11.5 Å². The van der Waals surface area contributed by atoms with Gasteiger partial charge in [0.25, 0.3) is 0 Å². The summed E-state index contributed by atoms with van der Waals surface area (Å²) >= 11 is 0. The van der Waals surface area contributed by atoms with Crippen LogP contribution in [0.25, 0.3) is 16.7 Å². The lowest BCUT2D eigenvalue weighted by Gasteiger charge is -2.05. The van der Waals surface area contributed by atoms with Crippen molar-refractivity contribution in [3.8, 4) is 5.75 Å². The summed E-state index contributed by atoms with van der Waals surface area (Å²) in [6.07, 6.45) is 2.81. The van der Waals surface area contributed by atoms with E-state index in [0.29, 0.717) is 12.1 Å². The van der Waals surface area contributed by atoms with Crippen molar-refractivity contribution < 1.29 is 14.6 Å². The number of rotatable bonds is 6. The molecular weight excluding hydrogens is 370 g/mol. The summed E-state index contributed by atoms with van der Waals surface area (Å²) < 4.78 is 6.54. The number of nitrogens with zero attached hydrogens (tertiary/aromatic N) is 4. The van der Waals surface area contributed by atoms with E-state index in [4.69, 9.17) is 4.74 Å². The van der Waals surface area contributed by atoms with Crippen LogP contribution in [-0.4, -0.2) is 43.2 Å². The summed E-state index contributed by atoms with van der Waals surface area (Å²) in [6.45, 7) is 2.29. The molecule has 8 nitrogen and oxygen atoms in total. The summed E-state index contributed by atoms with van der Waals surface area (Å²) in [4.78, 5) is 15.8. The second-order valence-corrected chi connectivity index (χ2v) is 6.65. The highest BCUT2D eigenvalue weighted by Gasteiger charge is 2.17. The number of methoxy groups -OCH3 is 1. The minimum atomic E-state index is -0.483. The van der Waals surface area contributed by atoms with Gasteiger partial charge in [0.15, 0.2) is 0 Å². The molecule has 2 N–H and O–H groups in total. The van der Waals surface area contributed by atoms with Gasteiger partial charge in [-0.3, -0.25) is 4.79 Å². The van der Waals surface area contributed by atoms with Crippen molar-refractivity contribution in [1.29, 1.82) is 0 Å². The van der Waals surface area contributed by atoms with Crippen molar-refractivity contribution in [3.63, 3.8) is 0 Å². The van der Waals surface area contributed by atoms with Gasteiger partial charge in [-0.15, -0.1) is 5.10 Å². The van der Waals surface area contributed by atoms with E-state index in [9.17, 15) is 9.90 Å². The largest absolute Gasteiger partial charge is 0.507 e. The quantitative estimate of drug-likeness (QED) is 0.298. The molecular formula is C21H19N5O3. The number of aromatic amines is 1. The first kappa shape index (κ1) is 18.4. The third kappa shape index (κ3) is 3.73. The molecule has 0 aliphatic rings. The fourth-order valence-electron chi connectivity index (χ4n) is 3.10. The summed E-state index contributed by atoms with van der Waals surface area (Å²) in [7, 11) is 1.60. The number of fused-ring (bicyclic) bond motifs is 1. The predicted octanol–water partition coefficient (Wildman–Crippen LogP) is 3.30. The Kier molecular flexibility index (Phi) is 4.82. The topological polar surface area (TPSA) is 106 Å². The van der Waals surface area contributed by atoms with Crippen LogP contribution in [0.5, 0.6) is 5.75 Å². The van der Waals surface area contributed by atoms with Gasteiger partial charge >= 0.3 is 0 Å². The van der Waals surface area contributed by atoms with Crippen LogP contribution in [0.15, 0.2) is 54.7 Å². The monoisotopic (exact) mass is 389 g/mol. The minimum absolute atomic E-state index is 0.0448. The fraction of sp³-hybridized carbons (Fsp3) is 0.143. The Morgan fingerprint density at radius 3 is 2.79 bits per heavy atom. The van der Waals surface area contributed by atoms with E-state index in [0.717, 1.165) is 33.9 Å². The van der Waals surface area contributed by atoms with Gasteiger partial charge in [-0.05, 0) is 47.2 Å². The molecule has 0 fully saturated rings. The van der Waals surface area contributed by atoms with Crippen molar-refractivity contribution in [2.45, 2.75) is 13.5 Å². The fourth-order valence-corrected chi connectivity index (χ4v) is 3.10. The number of aliphatic hydroxyl groups excluding tert-OH is 1. The number of ketones is 1. The number of allylic oxidation sites excluding steroid dienone is 1. The molecule has 0 unspecified atom stereocenters. The van der Waals surface area contributed by atoms with E-state index in [1.54, 1.807) is 13.3 Å². The Hall–Kier alpha value is -3.94. The van der Waals surface area contributed by atoms with Gasteiger partial charge in [-0.2, -0.15) is 0 Å². The lowest BCUT2D eigenvalue weighted by Crippen LogP contribution is -2.11. The summed E-state index contributed by atoms with van der Waals surface area (Å²) in [5.74, 6) is 0.154. The number of H-pyrrole nitrogens is 1. The number of ether oxygens (including phenoxy) is 1. The molecule has 0 radical (unpaired) electrons. The van der Waals surface area contributed by atoms with E-state index in [2.05, 4.69) is 20.5 Å². The van der Waals surface area contributed by atoms with Gasteiger partial charge in [-0.25, -0.2) is 4.68 Å². The first-order chi connectivity index (χ1) is 14.0. The molecule has 0 spiro atoms. The van der Waals surface area contributed by atoms with Gasteiger partial charge in [0.2, 0.25) is 11.6 Å². The number of benzene rings is 2. The first-order valence-corrected chi connectivity index (χ1v) is 8.97. The van der Waals surface area contributed by atoms with Gasteiger partial charge in [-0.1, -0.05) is 23.8 Å². The van der Waals surface area contributed by atoms with Crippen LogP contribution < -0.4 is 4.74 Å². The second-order valence-electron chi connectivity index (χ2n) is 6.65.